The number of aromatic nitrogens is 1. The molecule has 166 valence electrons. The first kappa shape index (κ1) is 22.0. The number of piperidine rings is 1. The molecule has 2 amide bonds. The van der Waals surface area contributed by atoms with Crippen LogP contribution in [0.15, 0.2) is 41.9 Å². The second-order valence-corrected chi connectivity index (χ2v) is 9.92. The Hall–Kier alpha value is -2.25. The summed E-state index contributed by atoms with van der Waals surface area (Å²) in [5.74, 6) is 0.669. The molecule has 1 aromatic heterocycles. The Kier molecular flexibility index (Phi) is 7.02. The van der Waals surface area contributed by atoms with E-state index in [2.05, 4.69) is 39.2 Å². The van der Waals surface area contributed by atoms with E-state index in [1.807, 2.05) is 23.6 Å². The van der Waals surface area contributed by atoms with Crippen molar-refractivity contribution in [3.63, 3.8) is 0 Å². The zero-order valence-corrected chi connectivity index (χ0v) is 19.1. The Morgan fingerprint density at radius 3 is 2.68 bits per heavy atom. The van der Waals surface area contributed by atoms with Crippen LogP contribution in [0.2, 0.25) is 0 Å². The Morgan fingerprint density at radius 1 is 1.19 bits per heavy atom. The van der Waals surface area contributed by atoms with Crippen LogP contribution in [0.3, 0.4) is 0 Å². The Bertz CT molecular complexity index is 865. The molecule has 0 bridgehead atoms. The third kappa shape index (κ3) is 5.33. The topological polar surface area (TPSA) is 65.5 Å². The van der Waals surface area contributed by atoms with Gasteiger partial charge in [0.25, 0.3) is 0 Å². The van der Waals surface area contributed by atoms with E-state index in [9.17, 15) is 9.59 Å². The van der Waals surface area contributed by atoms with Gasteiger partial charge in [-0.05, 0) is 50.3 Å². The standard InChI is InChI=1S/C24H32N4O2S/c1-24(11-5-6-13-28(22(24)30)17-19-7-3-2-4-8-19)20-9-14-27(15-10-20)18-21(29)26-23-25-12-16-31-23/h2-4,7-8,12,16,20H,5-6,9-11,13-15,17-18H2,1H3,(H,25,26,29)/t24-/m1/s1. The second kappa shape index (κ2) is 9.92. The van der Waals surface area contributed by atoms with E-state index >= 15 is 0 Å². The monoisotopic (exact) mass is 440 g/mol. The number of nitrogens with one attached hydrogen (secondary N) is 1. The van der Waals surface area contributed by atoms with Gasteiger partial charge in [-0.25, -0.2) is 4.98 Å². The van der Waals surface area contributed by atoms with Crippen molar-refractivity contribution in [2.75, 3.05) is 31.5 Å². The SMILES string of the molecule is C[C@]1(C2CCN(CC(=O)Nc3nccs3)CC2)CCCCN(Cc2ccccc2)C1=O. The van der Waals surface area contributed by atoms with E-state index in [0.717, 1.165) is 51.7 Å². The van der Waals surface area contributed by atoms with Crippen molar-refractivity contribution in [1.82, 2.24) is 14.8 Å². The number of benzene rings is 1. The minimum absolute atomic E-state index is 0.0146. The van der Waals surface area contributed by atoms with Gasteiger partial charge >= 0.3 is 0 Å². The summed E-state index contributed by atoms with van der Waals surface area (Å²) in [5, 5.41) is 5.36. The molecule has 0 aliphatic carbocycles. The molecule has 4 rings (SSSR count). The Morgan fingerprint density at radius 2 is 1.97 bits per heavy atom. The minimum Gasteiger partial charge on any atom is -0.338 e. The molecule has 0 saturated carbocycles. The van der Waals surface area contributed by atoms with Crippen molar-refractivity contribution in [3.8, 4) is 0 Å². The number of amides is 2. The van der Waals surface area contributed by atoms with Crippen molar-refractivity contribution in [2.45, 2.75) is 45.6 Å². The quantitative estimate of drug-likeness (QED) is 0.737. The van der Waals surface area contributed by atoms with Gasteiger partial charge in [0.15, 0.2) is 5.13 Å². The molecular formula is C24H32N4O2S. The molecular weight excluding hydrogens is 408 g/mol. The van der Waals surface area contributed by atoms with E-state index in [0.29, 0.717) is 30.0 Å². The highest BCUT2D eigenvalue weighted by atomic mass is 32.1. The normalized spacial score (nSPS) is 23.5. The summed E-state index contributed by atoms with van der Waals surface area (Å²) in [7, 11) is 0. The van der Waals surface area contributed by atoms with E-state index in [1.165, 1.54) is 16.9 Å². The first-order valence-electron chi connectivity index (χ1n) is 11.3. The van der Waals surface area contributed by atoms with Gasteiger partial charge in [0.2, 0.25) is 11.8 Å². The van der Waals surface area contributed by atoms with Gasteiger partial charge < -0.3 is 10.2 Å². The fourth-order valence-electron chi connectivity index (χ4n) is 5.07. The zero-order chi connectivity index (χ0) is 21.7. The summed E-state index contributed by atoms with van der Waals surface area (Å²) in [6.07, 6.45) is 6.76. The maximum atomic E-state index is 13.7. The third-order valence-corrected chi connectivity index (χ3v) is 7.59. The number of hydrogen-bond donors (Lipinski definition) is 1. The highest BCUT2D eigenvalue weighted by Gasteiger charge is 2.45. The molecule has 6 nitrogen and oxygen atoms in total. The van der Waals surface area contributed by atoms with Crippen molar-refractivity contribution < 1.29 is 9.59 Å². The van der Waals surface area contributed by atoms with E-state index in [4.69, 9.17) is 0 Å². The largest absolute Gasteiger partial charge is 0.338 e. The lowest BCUT2D eigenvalue weighted by Crippen LogP contribution is -2.49. The van der Waals surface area contributed by atoms with Crippen LogP contribution in [0.1, 0.15) is 44.6 Å². The van der Waals surface area contributed by atoms with Gasteiger partial charge in [0, 0.05) is 30.1 Å². The smallest absolute Gasteiger partial charge is 0.240 e. The molecule has 0 radical (unpaired) electrons. The van der Waals surface area contributed by atoms with Crippen LogP contribution in [0.25, 0.3) is 0 Å². The molecule has 1 atom stereocenters. The van der Waals surface area contributed by atoms with Crippen LogP contribution in [0.4, 0.5) is 5.13 Å². The molecule has 31 heavy (non-hydrogen) atoms. The molecule has 2 saturated heterocycles. The fourth-order valence-corrected chi connectivity index (χ4v) is 5.62. The molecule has 2 aliphatic rings. The number of nitrogens with zero attached hydrogens (tertiary/aromatic N) is 3. The van der Waals surface area contributed by atoms with Crippen LogP contribution in [-0.2, 0) is 16.1 Å². The number of rotatable bonds is 6. The maximum absolute atomic E-state index is 13.7. The molecule has 1 N–H and O–H groups in total. The first-order valence-corrected chi connectivity index (χ1v) is 12.2. The summed E-state index contributed by atoms with van der Waals surface area (Å²) in [6, 6.07) is 10.3. The molecule has 2 fully saturated rings. The van der Waals surface area contributed by atoms with Crippen molar-refractivity contribution >= 4 is 28.3 Å². The lowest BCUT2D eigenvalue weighted by Gasteiger charge is -2.42. The van der Waals surface area contributed by atoms with Gasteiger partial charge in [-0.2, -0.15) is 0 Å². The van der Waals surface area contributed by atoms with Crippen LogP contribution in [-0.4, -0.2) is 52.8 Å². The lowest BCUT2D eigenvalue weighted by molar-refractivity contribution is -0.146. The third-order valence-electron chi connectivity index (χ3n) is 6.90. The van der Waals surface area contributed by atoms with Crippen LogP contribution >= 0.6 is 11.3 Å². The van der Waals surface area contributed by atoms with Crippen LogP contribution in [0, 0.1) is 11.3 Å². The minimum atomic E-state index is -0.305. The highest BCUT2D eigenvalue weighted by Crippen LogP contribution is 2.43. The molecule has 1 aromatic carbocycles. The summed E-state index contributed by atoms with van der Waals surface area (Å²) in [5.41, 5.74) is 0.890. The van der Waals surface area contributed by atoms with Crippen LogP contribution < -0.4 is 5.32 Å². The summed E-state index contributed by atoms with van der Waals surface area (Å²) in [6.45, 7) is 5.84. The molecule has 7 heteroatoms. The number of carbonyl (C=O) groups excluding carboxylic acids is 2. The lowest BCUT2D eigenvalue weighted by atomic mass is 9.69. The van der Waals surface area contributed by atoms with Crippen LogP contribution in [0.5, 0.6) is 0 Å². The highest BCUT2D eigenvalue weighted by molar-refractivity contribution is 7.13. The van der Waals surface area contributed by atoms with Gasteiger partial charge in [-0.3, -0.25) is 14.5 Å². The Labute approximate surface area is 188 Å². The first-order chi connectivity index (χ1) is 15.0. The molecule has 0 spiro atoms. The number of hydrogen-bond acceptors (Lipinski definition) is 5. The Balaban J connectivity index is 1.34. The summed E-state index contributed by atoms with van der Waals surface area (Å²) < 4.78 is 0. The van der Waals surface area contributed by atoms with Gasteiger partial charge in [0.05, 0.1) is 6.54 Å². The number of anilines is 1. The predicted octanol–water partition coefficient (Wildman–Crippen LogP) is 4.01. The number of thiazole rings is 1. The summed E-state index contributed by atoms with van der Waals surface area (Å²) in [4.78, 5) is 34.3. The average Bonchev–Trinajstić information content (AvgIpc) is 3.24. The van der Waals surface area contributed by atoms with E-state index in [1.54, 1.807) is 6.20 Å². The van der Waals surface area contributed by atoms with Crippen molar-refractivity contribution in [3.05, 3.63) is 47.5 Å². The van der Waals surface area contributed by atoms with Gasteiger partial charge in [-0.15, -0.1) is 11.3 Å². The van der Waals surface area contributed by atoms with Gasteiger partial charge in [0.1, 0.15) is 0 Å². The molecule has 0 unspecified atom stereocenters. The van der Waals surface area contributed by atoms with E-state index in [-0.39, 0.29) is 11.3 Å². The van der Waals surface area contributed by atoms with Crippen molar-refractivity contribution in [2.24, 2.45) is 11.3 Å². The molecule has 2 aromatic rings. The van der Waals surface area contributed by atoms with E-state index < -0.39 is 0 Å². The summed E-state index contributed by atoms with van der Waals surface area (Å²) >= 11 is 1.43. The maximum Gasteiger partial charge on any atom is 0.240 e. The molecule has 3 heterocycles. The predicted molar refractivity (Wildman–Crippen MR) is 124 cm³/mol. The number of carbonyl (C=O) groups is 2. The number of likely N-dealkylation sites (tertiary alicyclic amines) is 2. The second-order valence-electron chi connectivity index (χ2n) is 9.02. The van der Waals surface area contributed by atoms with Gasteiger partial charge in [-0.1, -0.05) is 43.7 Å². The average molecular weight is 441 g/mol. The molecule has 2 aliphatic heterocycles. The van der Waals surface area contributed by atoms with Crippen molar-refractivity contribution in [1.29, 1.82) is 0 Å². The fraction of sp³-hybridized carbons (Fsp3) is 0.542. The zero-order valence-electron chi connectivity index (χ0n) is 18.3.